The predicted octanol–water partition coefficient (Wildman–Crippen LogP) is 4.16. The van der Waals surface area contributed by atoms with Crippen molar-refractivity contribution in [3.8, 4) is 11.6 Å². The van der Waals surface area contributed by atoms with Crippen molar-refractivity contribution in [3.05, 3.63) is 72.2 Å². The first-order valence-corrected chi connectivity index (χ1v) is 11.7. The molecule has 31 heavy (non-hydrogen) atoms. The fourth-order valence-corrected chi connectivity index (χ4v) is 5.53. The zero-order valence-corrected chi connectivity index (χ0v) is 17.9. The minimum atomic E-state index is -3.56. The molecule has 7 nitrogen and oxygen atoms in total. The summed E-state index contributed by atoms with van der Waals surface area (Å²) in [4.78, 5) is 4.74. The molecule has 2 aromatic carbocycles. The van der Waals surface area contributed by atoms with Gasteiger partial charge in [0.05, 0.1) is 10.8 Å². The van der Waals surface area contributed by atoms with Crippen LogP contribution in [0.15, 0.2) is 70.1 Å². The quantitative estimate of drug-likeness (QED) is 0.479. The van der Waals surface area contributed by atoms with Crippen LogP contribution in [-0.4, -0.2) is 41.0 Å². The number of aromatic nitrogens is 3. The monoisotopic (exact) mass is 434 g/mol. The molecule has 158 valence electrons. The van der Waals surface area contributed by atoms with Crippen molar-refractivity contribution in [1.29, 1.82) is 0 Å². The molecule has 3 heterocycles. The summed E-state index contributed by atoms with van der Waals surface area (Å²) in [5.74, 6) is 0.657. The van der Waals surface area contributed by atoms with Crippen molar-refractivity contribution < 1.29 is 12.8 Å². The topological polar surface area (TPSA) is 89.2 Å². The Kier molecular flexibility index (Phi) is 5.03. The summed E-state index contributed by atoms with van der Waals surface area (Å²) in [6.07, 6.45) is 3.25. The van der Waals surface area contributed by atoms with Crippen LogP contribution in [0.2, 0.25) is 0 Å². The Labute approximate surface area is 180 Å². The van der Waals surface area contributed by atoms with Gasteiger partial charge in [0.15, 0.2) is 0 Å². The van der Waals surface area contributed by atoms with E-state index in [1.807, 2.05) is 49.4 Å². The minimum absolute atomic E-state index is 0.148. The summed E-state index contributed by atoms with van der Waals surface area (Å²) in [5.41, 5.74) is 1.66. The van der Waals surface area contributed by atoms with Crippen molar-refractivity contribution >= 4 is 20.8 Å². The lowest BCUT2D eigenvalue weighted by Gasteiger charge is -2.30. The number of hydrogen-bond acceptors (Lipinski definition) is 6. The summed E-state index contributed by atoms with van der Waals surface area (Å²) in [6.45, 7) is 2.74. The summed E-state index contributed by atoms with van der Waals surface area (Å²) >= 11 is 0. The highest BCUT2D eigenvalue weighted by Crippen LogP contribution is 2.32. The number of benzene rings is 2. The van der Waals surface area contributed by atoms with Gasteiger partial charge in [-0.25, -0.2) is 8.42 Å². The first-order valence-electron chi connectivity index (χ1n) is 10.3. The van der Waals surface area contributed by atoms with Crippen LogP contribution < -0.4 is 0 Å². The number of aryl methyl sites for hydroxylation is 1. The predicted molar refractivity (Wildman–Crippen MR) is 117 cm³/mol. The normalized spacial score (nSPS) is 17.8. The SMILES string of the molecule is Cc1ccc(S(=O)(=O)N2CCC[C@H](c3nnc(-c4nccc5ccccc45)o3)C2)cc1. The molecule has 2 aromatic heterocycles. The smallest absolute Gasteiger partial charge is 0.266 e. The number of hydrogen-bond donors (Lipinski definition) is 0. The molecule has 5 rings (SSSR count). The summed E-state index contributed by atoms with van der Waals surface area (Å²) < 4.78 is 33.7. The minimum Gasteiger partial charge on any atom is -0.419 e. The molecule has 1 saturated heterocycles. The maximum Gasteiger partial charge on any atom is 0.266 e. The first-order chi connectivity index (χ1) is 15.0. The molecule has 0 N–H and O–H groups in total. The van der Waals surface area contributed by atoms with Gasteiger partial charge in [-0.3, -0.25) is 4.98 Å². The van der Waals surface area contributed by atoms with Gasteiger partial charge in [0, 0.05) is 24.7 Å². The third-order valence-electron chi connectivity index (χ3n) is 5.71. The van der Waals surface area contributed by atoms with Crippen LogP contribution in [0.4, 0.5) is 0 Å². The van der Waals surface area contributed by atoms with E-state index in [2.05, 4.69) is 15.2 Å². The molecule has 8 heteroatoms. The molecular formula is C23H22N4O3S. The Morgan fingerprint density at radius 2 is 1.84 bits per heavy atom. The standard InChI is InChI=1S/C23H22N4O3S/c1-16-8-10-19(11-9-16)31(28,29)27-14-4-6-18(15-27)22-25-26-23(30-22)21-20-7-3-2-5-17(20)12-13-24-21/h2-3,5,7-13,18H,4,6,14-15H2,1H3/t18-/m0/s1. The molecule has 1 fully saturated rings. The maximum atomic E-state index is 13.1. The van der Waals surface area contributed by atoms with Crippen LogP contribution in [0.3, 0.4) is 0 Å². The second kappa shape index (κ2) is 7.86. The number of sulfonamides is 1. The summed E-state index contributed by atoms with van der Waals surface area (Å²) in [7, 11) is -3.56. The Bertz CT molecular complexity index is 1330. The molecule has 4 aromatic rings. The van der Waals surface area contributed by atoms with E-state index >= 15 is 0 Å². The molecule has 1 aliphatic heterocycles. The Hall–Kier alpha value is -3.10. The number of rotatable bonds is 4. The van der Waals surface area contributed by atoms with E-state index in [-0.39, 0.29) is 5.92 Å². The molecule has 0 radical (unpaired) electrons. The van der Waals surface area contributed by atoms with Crippen LogP contribution in [0.1, 0.15) is 30.2 Å². The molecule has 0 spiro atoms. The molecule has 0 saturated carbocycles. The van der Waals surface area contributed by atoms with E-state index in [0.717, 1.165) is 29.2 Å². The number of fused-ring (bicyclic) bond motifs is 1. The fraction of sp³-hybridized carbons (Fsp3) is 0.261. The van der Waals surface area contributed by atoms with Gasteiger partial charge in [-0.2, -0.15) is 4.31 Å². The highest BCUT2D eigenvalue weighted by atomic mass is 32.2. The number of nitrogens with zero attached hydrogens (tertiary/aromatic N) is 4. The van der Waals surface area contributed by atoms with E-state index in [9.17, 15) is 8.42 Å². The number of pyridine rings is 1. The third kappa shape index (κ3) is 3.73. The van der Waals surface area contributed by atoms with Crippen LogP contribution in [0.25, 0.3) is 22.4 Å². The second-order valence-corrected chi connectivity index (χ2v) is 9.78. The average Bonchev–Trinajstić information content (AvgIpc) is 3.29. The first kappa shape index (κ1) is 19.8. The van der Waals surface area contributed by atoms with Crippen LogP contribution >= 0.6 is 0 Å². The molecule has 1 atom stereocenters. The van der Waals surface area contributed by atoms with Crippen molar-refractivity contribution in [2.75, 3.05) is 13.1 Å². The van der Waals surface area contributed by atoms with Gasteiger partial charge in [0.25, 0.3) is 5.89 Å². The molecular weight excluding hydrogens is 412 g/mol. The van der Waals surface area contributed by atoms with Gasteiger partial charge < -0.3 is 4.42 Å². The molecule has 0 aliphatic carbocycles. The Balaban J connectivity index is 1.41. The van der Waals surface area contributed by atoms with Crippen molar-refractivity contribution in [1.82, 2.24) is 19.5 Å². The lowest BCUT2D eigenvalue weighted by Crippen LogP contribution is -2.39. The molecule has 1 aliphatic rings. The van der Waals surface area contributed by atoms with Gasteiger partial charge in [-0.1, -0.05) is 42.0 Å². The highest BCUT2D eigenvalue weighted by molar-refractivity contribution is 7.89. The van der Waals surface area contributed by atoms with Gasteiger partial charge >= 0.3 is 0 Å². The average molecular weight is 435 g/mol. The van der Waals surface area contributed by atoms with E-state index in [0.29, 0.717) is 35.5 Å². The zero-order valence-electron chi connectivity index (χ0n) is 17.1. The molecule has 0 unspecified atom stereocenters. The van der Waals surface area contributed by atoms with Gasteiger partial charge in [-0.15, -0.1) is 10.2 Å². The van der Waals surface area contributed by atoms with Gasteiger partial charge in [-0.05, 0) is 43.4 Å². The van der Waals surface area contributed by atoms with Crippen LogP contribution in [0.5, 0.6) is 0 Å². The van der Waals surface area contributed by atoms with Gasteiger partial charge in [0.1, 0.15) is 5.69 Å². The van der Waals surface area contributed by atoms with E-state index in [1.165, 1.54) is 4.31 Å². The van der Waals surface area contributed by atoms with Crippen LogP contribution in [-0.2, 0) is 10.0 Å². The summed E-state index contributed by atoms with van der Waals surface area (Å²) in [6, 6.07) is 16.8. The maximum absolute atomic E-state index is 13.1. The fourth-order valence-electron chi connectivity index (χ4n) is 4.01. The second-order valence-electron chi connectivity index (χ2n) is 7.84. The van der Waals surface area contributed by atoms with Gasteiger partial charge in [0.2, 0.25) is 15.9 Å². The van der Waals surface area contributed by atoms with Crippen molar-refractivity contribution in [2.45, 2.75) is 30.6 Å². The van der Waals surface area contributed by atoms with Crippen molar-refractivity contribution in [2.24, 2.45) is 0 Å². The zero-order chi connectivity index (χ0) is 21.4. The molecule has 0 amide bonds. The highest BCUT2D eigenvalue weighted by Gasteiger charge is 2.33. The van der Waals surface area contributed by atoms with E-state index < -0.39 is 10.0 Å². The van der Waals surface area contributed by atoms with E-state index in [1.54, 1.807) is 18.3 Å². The Morgan fingerprint density at radius 3 is 2.68 bits per heavy atom. The van der Waals surface area contributed by atoms with Crippen LogP contribution in [0, 0.1) is 6.92 Å². The van der Waals surface area contributed by atoms with E-state index in [4.69, 9.17) is 4.42 Å². The lowest BCUT2D eigenvalue weighted by atomic mass is 10.00. The summed E-state index contributed by atoms with van der Waals surface area (Å²) in [5, 5.41) is 10.4. The number of piperidine rings is 1. The van der Waals surface area contributed by atoms with Crippen molar-refractivity contribution in [3.63, 3.8) is 0 Å². The lowest BCUT2D eigenvalue weighted by molar-refractivity contribution is 0.286. The molecule has 0 bridgehead atoms. The third-order valence-corrected chi connectivity index (χ3v) is 7.59. The Morgan fingerprint density at radius 1 is 1.03 bits per heavy atom. The largest absolute Gasteiger partial charge is 0.419 e.